The molecule has 38 heavy (non-hydrogen) atoms. The van der Waals surface area contributed by atoms with Crippen LogP contribution in [0.5, 0.6) is 5.75 Å². The van der Waals surface area contributed by atoms with E-state index >= 15 is 0 Å². The molecule has 0 fully saturated rings. The number of aromatic nitrogens is 3. The molecule has 0 saturated carbocycles. The van der Waals surface area contributed by atoms with E-state index in [0.29, 0.717) is 21.6 Å². The SMILES string of the molecule is CCOc1ccc(NC(=S)c2c(-c3ccc(Cl)cc3)c3c4n(c(-c5ccc(Cl)cc5)nn24)CCCC3)cc1. The number of rotatable bonds is 6. The Hall–Kier alpha value is -3.32. The Morgan fingerprint density at radius 2 is 1.58 bits per heavy atom. The highest BCUT2D eigenvalue weighted by molar-refractivity contribution is 7.81. The first-order chi connectivity index (χ1) is 18.5. The van der Waals surface area contributed by atoms with Gasteiger partial charge in [-0.2, -0.15) is 0 Å². The van der Waals surface area contributed by atoms with E-state index in [2.05, 4.69) is 22.0 Å². The molecule has 0 saturated heterocycles. The maximum absolute atomic E-state index is 6.26. The number of ether oxygens (including phenoxy) is 1. The molecule has 0 atom stereocenters. The van der Waals surface area contributed by atoms with E-state index in [4.69, 9.17) is 45.3 Å². The van der Waals surface area contributed by atoms with Crippen LogP contribution in [0.2, 0.25) is 10.0 Å². The van der Waals surface area contributed by atoms with Crippen LogP contribution in [-0.4, -0.2) is 25.8 Å². The molecule has 1 N–H and O–H groups in total. The molecule has 2 aromatic heterocycles. The van der Waals surface area contributed by atoms with E-state index in [-0.39, 0.29) is 0 Å². The van der Waals surface area contributed by atoms with Crippen molar-refractivity contribution in [2.75, 3.05) is 11.9 Å². The lowest BCUT2D eigenvalue weighted by Gasteiger charge is -2.12. The molecule has 192 valence electrons. The Balaban J connectivity index is 1.54. The molecule has 0 bridgehead atoms. The Labute approximate surface area is 237 Å². The van der Waals surface area contributed by atoms with Crippen LogP contribution in [0.25, 0.3) is 28.2 Å². The van der Waals surface area contributed by atoms with E-state index < -0.39 is 0 Å². The van der Waals surface area contributed by atoms with E-state index in [9.17, 15) is 0 Å². The molecule has 0 aliphatic carbocycles. The van der Waals surface area contributed by atoms with E-state index in [0.717, 1.165) is 71.1 Å². The number of aryl methyl sites for hydroxylation is 2. The summed E-state index contributed by atoms with van der Waals surface area (Å²) in [5.41, 5.74) is 7.30. The van der Waals surface area contributed by atoms with E-state index in [1.54, 1.807) is 0 Å². The fourth-order valence-electron chi connectivity index (χ4n) is 5.18. The fourth-order valence-corrected chi connectivity index (χ4v) is 5.74. The van der Waals surface area contributed by atoms with Gasteiger partial charge in [0, 0.05) is 39.0 Å². The topological polar surface area (TPSA) is 43.5 Å². The summed E-state index contributed by atoms with van der Waals surface area (Å²) in [6, 6.07) is 23.7. The summed E-state index contributed by atoms with van der Waals surface area (Å²) in [4.78, 5) is 0.605. The van der Waals surface area contributed by atoms with Crippen molar-refractivity contribution >= 4 is 51.7 Å². The molecule has 0 unspecified atom stereocenters. The van der Waals surface area contributed by atoms with Crippen molar-refractivity contribution in [2.24, 2.45) is 0 Å². The van der Waals surface area contributed by atoms with Gasteiger partial charge in [0.15, 0.2) is 5.82 Å². The Bertz CT molecular complexity index is 1620. The zero-order valence-electron chi connectivity index (χ0n) is 20.9. The van der Waals surface area contributed by atoms with Crippen LogP contribution in [0.3, 0.4) is 0 Å². The normalized spacial score (nSPS) is 12.9. The van der Waals surface area contributed by atoms with E-state index in [1.165, 1.54) is 5.56 Å². The van der Waals surface area contributed by atoms with Gasteiger partial charge in [-0.3, -0.25) is 0 Å². The monoisotopic (exact) mass is 560 g/mol. The predicted octanol–water partition coefficient (Wildman–Crippen LogP) is 8.30. The van der Waals surface area contributed by atoms with Crippen molar-refractivity contribution in [3.05, 3.63) is 94.1 Å². The third kappa shape index (κ3) is 4.57. The first-order valence-electron chi connectivity index (χ1n) is 12.7. The molecule has 3 heterocycles. The van der Waals surface area contributed by atoms with Crippen molar-refractivity contribution < 1.29 is 4.74 Å². The van der Waals surface area contributed by atoms with Gasteiger partial charge < -0.3 is 14.6 Å². The van der Waals surface area contributed by atoms with Crippen molar-refractivity contribution in [3.63, 3.8) is 0 Å². The van der Waals surface area contributed by atoms with E-state index in [1.807, 2.05) is 72.1 Å². The number of anilines is 1. The van der Waals surface area contributed by atoms with Crippen LogP contribution in [0, 0.1) is 0 Å². The number of nitrogens with zero attached hydrogens (tertiary/aromatic N) is 3. The highest BCUT2D eigenvalue weighted by Crippen LogP contribution is 2.39. The summed E-state index contributed by atoms with van der Waals surface area (Å²) in [7, 11) is 0. The number of halogens is 2. The molecular formula is C30H26Cl2N4OS. The second-order valence-electron chi connectivity index (χ2n) is 9.30. The van der Waals surface area contributed by atoms with Crippen LogP contribution >= 0.6 is 35.4 Å². The van der Waals surface area contributed by atoms with Crippen LogP contribution in [0.15, 0.2) is 72.8 Å². The molecule has 0 spiro atoms. The highest BCUT2D eigenvalue weighted by atomic mass is 35.5. The minimum Gasteiger partial charge on any atom is -0.494 e. The number of nitrogens with one attached hydrogen (secondary N) is 1. The Morgan fingerprint density at radius 3 is 2.24 bits per heavy atom. The van der Waals surface area contributed by atoms with Gasteiger partial charge in [0.05, 0.1) is 6.61 Å². The maximum atomic E-state index is 6.26. The summed E-state index contributed by atoms with van der Waals surface area (Å²) in [5, 5.41) is 10.0. The molecule has 1 aliphatic heterocycles. The zero-order chi connectivity index (χ0) is 26.2. The molecular weight excluding hydrogens is 535 g/mol. The van der Waals surface area contributed by atoms with Gasteiger partial charge >= 0.3 is 0 Å². The predicted molar refractivity (Wildman–Crippen MR) is 160 cm³/mol. The molecule has 0 radical (unpaired) electrons. The second-order valence-corrected chi connectivity index (χ2v) is 10.6. The fraction of sp³-hybridized carbons (Fsp3) is 0.200. The Morgan fingerprint density at radius 1 is 0.921 bits per heavy atom. The summed E-state index contributed by atoms with van der Waals surface area (Å²) in [6.45, 7) is 3.48. The van der Waals surface area contributed by atoms with Crippen LogP contribution in [0.4, 0.5) is 5.69 Å². The first kappa shape index (κ1) is 25.0. The molecule has 1 aliphatic rings. The molecule has 3 aromatic carbocycles. The van der Waals surface area contributed by atoms with Gasteiger partial charge in [-0.25, -0.2) is 4.52 Å². The third-order valence-corrected chi connectivity index (χ3v) is 7.66. The van der Waals surface area contributed by atoms with Gasteiger partial charge in [0.25, 0.3) is 0 Å². The maximum Gasteiger partial charge on any atom is 0.162 e. The standard InChI is InChI=1S/C30H26Cl2N4OS/c1-2-37-24-16-14-23(15-17-24)33-29(38)27-26(19-6-10-21(31)11-7-19)25-5-3-4-18-35-28(34-36(27)30(25)35)20-8-12-22(32)13-9-20/h6-17H,2-5,18H2,1H3,(H,33,38). The summed E-state index contributed by atoms with van der Waals surface area (Å²) < 4.78 is 9.95. The van der Waals surface area contributed by atoms with Gasteiger partial charge in [0.1, 0.15) is 22.1 Å². The van der Waals surface area contributed by atoms with Gasteiger partial charge in [-0.1, -0.05) is 47.6 Å². The van der Waals surface area contributed by atoms with Crippen molar-refractivity contribution in [3.8, 4) is 28.3 Å². The van der Waals surface area contributed by atoms with Crippen molar-refractivity contribution in [2.45, 2.75) is 32.7 Å². The van der Waals surface area contributed by atoms with Gasteiger partial charge in [0.2, 0.25) is 0 Å². The number of hydrogen-bond donors (Lipinski definition) is 1. The third-order valence-electron chi connectivity index (χ3n) is 6.86. The lowest BCUT2D eigenvalue weighted by atomic mass is 9.98. The molecule has 8 heteroatoms. The van der Waals surface area contributed by atoms with Gasteiger partial charge in [-0.05, 0) is 92.4 Å². The lowest BCUT2D eigenvalue weighted by molar-refractivity contribution is 0.340. The van der Waals surface area contributed by atoms with Crippen molar-refractivity contribution in [1.82, 2.24) is 14.2 Å². The summed E-state index contributed by atoms with van der Waals surface area (Å²) in [5.74, 6) is 1.74. The number of hydrogen-bond acceptors (Lipinski definition) is 3. The zero-order valence-corrected chi connectivity index (χ0v) is 23.2. The molecule has 0 amide bonds. The number of benzene rings is 3. The summed E-state index contributed by atoms with van der Waals surface area (Å²) >= 11 is 18.5. The van der Waals surface area contributed by atoms with Crippen LogP contribution < -0.4 is 10.1 Å². The van der Waals surface area contributed by atoms with Crippen LogP contribution in [0.1, 0.15) is 31.0 Å². The quantitative estimate of drug-likeness (QED) is 0.212. The first-order valence-corrected chi connectivity index (χ1v) is 13.9. The molecule has 6 rings (SSSR count). The average molecular weight is 562 g/mol. The lowest BCUT2D eigenvalue weighted by Crippen LogP contribution is -2.15. The number of thiocarbonyl (C=S) groups is 1. The highest BCUT2D eigenvalue weighted by Gasteiger charge is 2.29. The summed E-state index contributed by atoms with van der Waals surface area (Å²) in [6.07, 6.45) is 3.10. The minimum atomic E-state index is 0.605. The minimum absolute atomic E-state index is 0.605. The molecule has 5 nitrogen and oxygen atoms in total. The molecule has 5 aromatic rings. The van der Waals surface area contributed by atoms with Crippen molar-refractivity contribution in [1.29, 1.82) is 0 Å². The Kier molecular flexibility index (Phi) is 6.87. The average Bonchev–Trinajstić information content (AvgIpc) is 3.34. The largest absolute Gasteiger partial charge is 0.494 e. The van der Waals surface area contributed by atoms with Gasteiger partial charge in [-0.15, -0.1) is 5.10 Å². The smallest absolute Gasteiger partial charge is 0.162 e. The van der Waals surface area contributed by atoms with Crippen LogP contribution in [-0.2, 0) is 13.0 Å². The second kappa shape index (κ2) is 10.4.